The van der Waals surface area contributed by atoms with Crippen LogP contribution < -0.4 is 10.6 Å². The molecule has 1 rings (SSSR count). The van der Waals surface area contributed by atoms with Crippen molar-refractivity contribution in [2.75, 3.05) is 13.7 Å². The molecule has 0 unspecified atom stereocenters. The third-order valence-electron chi connectivity index (χ3n) is 1.96. The number of aromatic nitrogens is 2. The van der Waals surface area contributed by atoms with Gasteiger partial charge >= 0.3 is 5.97 Å². The first kappa shape index (κ1) is 13.8. The third-order valence-corrected chi connectivity index (χ3v) is 1.96. The van der Waals surface area contributed by atoms with Crippen LogP contribution in [0.15, 0.2) is 29.2 Å². The summed E-state index contributed by atoms with van der Waals surface area (Å²) in [5.74, 6) is -0.338. The first-order valence-corrected chi connectivity index (χ1v) is 5.44. The Hall–Kier alpha value is -2.31. The molecule has 0 spiro atoms. The fraction of sp³-hybridized carbons (Fsp3) is 0.364. The van der Waals surface area contributed by atoms with Gasteiger partial charge in [0.15, 0.2) is 0 Å². The number of nitrogens with zero attached hydrogens (tertiary/aromatic N) is 2. The lowest BCUT2D eigenvalue weighted by Crippen LogP contribution is -2.12. The number of nitrogens with one attached hydrogen (secondary N) is 2. The Balaban J connectivity index is 2.68. The second kappa shape index (κ2) is 7.10. The summed E-state index contributed by atoms with van der Waals surface area (Å²) < 4.78 is 9.71. The Kier molecular flexibility index (Phi) is 5.43. The maximum atomic E-state index is 11.3. The quantitative estimate of drug-likeness (QED) is 0.686. The molecule has 2 N–H and O–H groups in total. The number of likely N-dealkylation sites (N-methyl/N-ethyl adjacent to an activating group) is 1. The molecule has 0 atom stereocenters. The van der Waals surface area contributed by atoms with E-state index in [1.807, 2.05) is 0 Å². The second-order valence-corrected chi connectivity index (χ2v) is 3.20. The van der Waals surface area contributed by atoms with Gasteiger partial charge in [-0.2, -0.15) is 4.98 Å². The van der Waals surface area contributed by atoms with E-state index in [1.54, 1.807) is 20.2 Å². The fourth-order valence-electron chi connectivity index (χ4n) is 1.14. The standard InChI is InChI=1S/C11H16N4O3/c1-4-13-7-8(12-3)6-9-14-10(15-18-9)11(16)17-5-2/h4,7,12-13H,1,5-6H2,2-3H3/b8-7-. The van der Waals surface area contributed by atoms with Crippen LogP contribution in [0.3, 0.4) is 0 Å². The van der Waals surface area contributed by atoms with E-state index in [-0.39, 0.29) is 12.4 Å². The lowest BCUT2D eigenvalue weighted by atomic mass is 10.3. The number of carbonyl (C=O) groups is 1. The summed E-state index contributed by atoms with van der Waals surface area (Å²) in [5.41, 5.74) is 0.814. The first-order chi connectivity index (χ1) is 8.71. The van der Waals surface area contributed by atoms with Gasteiger partial charge in [0.05, 0.1) is 13.0 Å². The number of rotatable bonds is 7. The third kappa shape index (κ3) is 3.93. The van der Waals surface area contributed by atoms with Gasteiger partial charge in [0, 0.05) is 18.9 Å². The van der Waals surface area contributed by atoms with Crippen LogP contribution in [0, 0.1) is 0 Å². The number of hydrogen-bond donors (Lipinski definition) is 2. The van der Waals surface area contributed by atoms with Crippen molar-refractivity contribution in [2.24, 2.45) is 0 Å². The van der Waals surface area contributed by atoms with Gasteiger partial charge in [0.1, 0.15) is 0 Å². The number of allylic oxidation sites excluding steroid dienone is 1. The van der Waals surface area contributed by atoms with E-state index in [1.165, 1.54) is 6.20 Å². The highest BCUT2D eigenvalue weighted by molar-refractivity contribution is 5.84. The van der Waals surface area contributed by atoms with Crippen molar-refractivity contribution in [3.05, 3.63) is 36.4 Å². The Bertz CT molecular complexity index is 439. The van der Waals surface area contributed by atoms with Crippen LogP contribution in [0.1, 0.15) is 23.4 Å². The van der Waals surface area contributed by atoms with Crippen LogP contribution in [0.2, 0.25) is 0 Å². The molecule has 7 nitrogen and oxygen atoms in total. The highest BCUT2D eigenvalue weighted by Crippen LogP contribution is 2.04. The number of ether oxygens (including phenoxy) is 1. The minimum Gasteiger partial charge on any atom is -0.460 e. The van der Waals surface area contributed by atoms with Crippen LogP contribution in [-0.2, 0) is 11.2 Å². The molecule has 1 heterocycles. The zero-order chi connectivity index (χ0) is 13.4. The molecule has 0 aromatic carbocycles. The molecule has 18 heavy (non-hydrogen) atoms. The van der Waals surface area contributed by atoms with E-state index in [0.717, 1.165) is 5.70 Å². The van der Waals surface area contributed by atoms with Crippen LogP contribution in [0.25, 0.3) is 0 Å². The lowest BCUT2D eigenvalue weighted by Gasteiger charge is -2.02. The molecule has 0 aliphatic carbocycles. The highest BCUT2D eigenvalue weighted by atomic mass is 16.5. The van der Waals surface area contributed by atoms with Gasteiger partial charge in [-0.05, 0) is 18.3 Å². The van der Waals surface area contributed by atoms with Crippen LogP contribution >= 0.6 is 0 Å². The molecule has 0 radical (unpaired) electrons. The SMILES string of the molecule is C=CN/C=C(/Cc1nc(C(=O)OCC)no1)NC. The molecule has 98 valence electrons. The summed E-state index contributed by atoms with van der Waals surface area (Å²) in [6.07, 6.45) is 3.63. The topological polar surface area (TPSA) is 89.3 Å². The maximum absolute atomic E-state index is 11.3. The molecule has 0 amide bonds. The summed E-state index contributed by atoms with van der Waals surface area (Å²) in [6.45, 7) is 5.51. The molecule has 0 saturated heterocycles. The maximum Gasteiger partial charge on any atom is 0.379 e. The summed E-state index contributed by atoms with van der Waals surface area (Å²) in [4.78, 5) is 15.3. The number of esters is 1. The first-order valence-electron chi connectivity index (χ1n) is 5.44. The van der Waals surface area contributed by atoms with Gasteiger partial charge < -0.3 is 19.9 Å². The fourth-order valence-corrected chi connectivity index (χ4v) is 1.14. The molecule has 0 fully saturated rings. The van der Waals surface area contributed by atoms with E-state index in [9.17, 15) is 4.79 Å². The Morgan fingerprint density at radius 1 is 1.61 bits per heavy atom. The van der Waals surface area contributed by atoms with Crippen molar-refractivity contribution in [3.63, 3.8) is 0 Å². The molecule has 0 aliphatic heterocycles. The van der Waals surface area contributed by atoms with Gasteiger partial charge in [-0.1, -0.05) is 6.58 Å². The van der Waals surface area contributed by atoms with Crippen molar-refractivity contribution < 1.29 is 14.1 Å². The smallest absolute Gasteiger partial charge is 0.379 e. The second-order valence-electron chi connectivity index (χ2n) is 3.20. The van der Waals surface area contributed by atoms with Gasteiger partial charge in [0.25, 0.3) is 5.82 Å². The Morgan fingerprint density at radius 2 is 2.39 bits per heavy atom. The molecule has 7 heteroatoms. The minimum atomic E-state index is -0.591. The number of carbonyl (C=O) groups excluding carboxylic acids is 1. The summed E-state index contributed by atoms with van der Waals surface area (Å²) in [5, 5.41) is 9.33. The van der Waals surface area contributed by atoms with Crippen LogP contribution in [0.5, 0.6) is 0 Å². The number of hydrogen-bond acceptors (Lipinski definition) is 7. The van der Waals surface area contributed by atoms with E-state index >= 15 is 0 Å². The average Bonchev–Trinajstić information content (AvgIpc) is 2.83. The highest BCUT2D eigenvalue weighted by Gasteiger charge is 2.15. The van der Waals surface area contributed by atoms with Crippen molar-refractivity contribution in [3.8, 4) is 0 Å². The Labute approximate surface area is 105 Å². The van der Waals surface area contributed by atoms with Gasteiger partial charge in [-0.3, -0.25) is 0 Å². The summed E-state index contributed by atoms with van der Waals surface area (Å²) in [6, 6.07) is 0. The molecule has 1 aromatic heterocycles. The Morgan fingerprint density at radius 3 is 3.00 bits per heavy atom. The van der Waals surface area contributed by atoms with Crippen molar-refractivity contribution in [2.45, 2.75) is 13.3 Å². The van der Waals surface area contributed by atoms with Crippen LogP contribution in [0.4, 0.5) is 0 Å². The largest absolute Gasteiger partial charge is 0.460 e. The van der Waals surface area contributed by atoms with E-state index in [2.05, 4.69) is 27.4 Å². The molecule has 0 bridgehead atoms. The molecule has 0 saturated carbocycles. The van der Waals surface area contributed by atoms with E-state index in [4.69, 9.17) is 9.26 Å². The summed E-state index contributed by atoms with van der Waals surface area (Å²) >= 11 is 0. The zero-order valence-corrected chi connectivity index (χ0v) is 10.4. The van der Waals surface area contributed by atoms with Crippen LogP contribution in [-0.4, -0.2) is 29.8 Å². The monoisotopic (exact) mass is 252 g/mol. The lowest BCUT2D eigenvalue weighted by molar-refractivity contribution is 0.0508. The summed E-state index contributed by atoms with van der Waals surface area (Å²) in [7, 11) is 1.76. The van der Waals surface area contributed by atoms with Gasteiger partial charge in [-0.25, -0.2) is 4.79 Å². The minimum absolute atomic E-state index is 0.0704. The molecule has 0 aliphatic rings. The molecular formula is C11H16N4O3. The van der Waals surface area contributed by atoms with Crippen molar-refractivity contribution >= 4 is 5.97 Å². The van der Waals surface area contributed by atoms with Gasteiger partial charge in [0.2, 0.25) is 5.89 Å². The normalized spacial score (nSPS) is 10.9. The van der Waals surface area contributed by atoms with E-state index in [0.29, 0.717) is 12.3 Å². The predicted octanol–water partition coefficient (Wildman–Crippen LogP) is 0.583. The van der Waals surface area contributed by atoms with Crippen molar-refractivity contribution in [1.29, 1.82) is 0 Å². The average molecular weight is 252 g/mol. The van der Waals surface area contributed by atoms with E-state index < -0.39 is 5.97 Å². The zero-order valence-electron chi connectivity index (χ0n) is 10.4. The van der Waals surface area contributed by atoms with Crippen molar-refractivity contribution in [1.82, 2.24) is 20.8 Å². The predicted molar refractivity (Wildman–Crippen MR) is 64.4 cm³/mol. The van der Waals surface area contributed by atoms with Gasteiger partial charge in [-0.15, -0.1) is 0 Å². The molecular weight excluding hydrogens is 236 g/mol. The molecule has 1 aromatic rings.